The lowest BCUT2D eigenvalue weighted by molar-refractivity contribution is -0.385. The molecule has 0 amide bonds. The van der Waals surface area contributed by atoms with Crippen molar-refractivity contribution in [2.24, 2.45) is 0 Å². The second-order valence-electron chi connectivity index (χ2n) is 3.05. The van der Waals surface area contributed by atoms with E-state index in [0.717, 1.165) is 6.54 Å². The molecular weight excluding hydrogens is 276 g/mol. The molecule has 0 atom stereocenters. The van der Waals surface area contributed by atoms with E-state index < -0.39 is 4.92 Å². The van der Waals surface area contributed by atoms with Crippen LogP contribution in [0.4, 0.5) is 5.69 Å². The van der Waals surface area contributed by atoms with E-state index in [9.17, 15) is 10.1 Å². The van der Waals surface area contributed by atoms with Crippen LogP contribution in [0, 0.1) is 10.1 Å². The van der Waals surface area contributed by atoms with Crippen LogP contribution in [0.1, 0.15) is 6.92 Å². The van der Waals surface area contributed by atoms with Gasteiger partial charge in [-0.05, 0) is 28.5 Å². The number of ether oxygens (including phenoxy) is 1. The topological polar surface area (TPSA) is 64.4 Å². The third-order valence-electron chi connectivity index (χ3n) is 1.92. The Morgan fingerprint density at radius 2 is 2.31 bits per heavy atom. The molecule has 5 nitrogen and oxygen atoms in total. The first-order chi connectivity index (χ1) is 7.66. The minimum absolute atomic E-state index is 0.0223. The number of hydrogen-bond acceptors (Lipinski definition) is 4. The maximum Gasteiger partial charge on any atom is 0.312 e. The first kappa shape index (κ1) is 12.9. The molecule has 88 valence electrons. The van der Waals surface area contributed by atoms with Crippen molar-refractivity contribution >= 4 is 21.6 Å². The summed E-state index contributed by atoms with van der Waals surface area (Å²) < 4.78 is 5.98. The Bertz CT molecular complexity index is 371. The van der Waals surface area contributed by atoms with Crippen molar-refractivity contribution in [3.63, 3.8) is 0 Å². The third-order valence-corrected chi connectivity index (χ3v) is 2.54. The average Bonchev–Trinajstić information content (AvgIpc) is 2.25. The molecule has 16 heavy (non-hydrogen) atoms. The molecule has 0 radical (unpaired) electrons. The molecule has 0 aliphatic carbocycles. The first-order valence-corrected chi connectivity index (χ1v) is 5.72. The highest BCUT2D eigenvalue weighted by molar-refractivity contribution is 9.10. The van der Waals surface area contributed by atoms with Crippen LogP contribution in [0.2, 0.25) is 0 Å². The molecule has 1 rings (SSSR count). The fraction of sp³-hybridized carbons (Fsp3) is 0.400. The molecule has 1 N–H and O–H groups in total. The molecule has 0 aliphatic rings. The van der Waals surface area contributed by atoms with Crippen molar-refractivity contribution in [2.45, 2.75) is 6.92 Å². The summed E-state index contributed by atoms with van der Waals surface area (Å²) in [7, 11) is 0. The number of nitrogens with one attached hydrogen (secondary N) is 1. The normalized spacial score (nSPS) is 10.1. The second-order valence-corrected chi connectivity index (χ2v) is 3.90. The van der Waals surface area contributed by atoms with Crippen LogP contribution in [-0.2, 0) is 0 Å². The number of nitrogens with zero attached hydrogens (tertiary/aromatic N) is 1. The summed E-state index contributed by atoms with van der Waals surface area (Å²) in [5.74, 6) is 0.283. The van der Waals surface area contributed by atoms with E-state index in [1.165, 1.54) is 6.07 Å². The van der Waals surface area contributed by atoms with Crippen molar-refractivity contribution in [1.29, 1.82) is 0 Å². The number of nitro groups is 1. The molecule has 0 bridgehead atoms. The molecule has 0 unspecified atom stereocenters. The Morgan fingerprint density at radius 3 is 2.94 bits per heavy atom. The Labute approximate surface area is 102 Å². The van der Waals surface area contributed by atoms with E-state index in [1.807, 2.05) is 6.92 Å². The average molecular weight is 289 g/mol. The highest BCUT2D eigenvalue weighted by Crippen LogP contribution is 2.34. The number of hydrogen-bond donors (Lipinski definition) is 1. The zero-order valence-electron chi connectivity index (χ0n) is 8.90. The predicted molar refractivity (Wildman–Crippen MR) is 64.8 cm³/mol. The van der Waals surface area contributed by atoms with Crippen LogP contribution in [0.5, 0.6) is 5.75 Å². The van der Waals surface area contributed by atoms with Crippen LogP contribution in [0.3, 0.4) is 0 Å². The van der Waals surface area contributed by atoms with Gasteiger partial charge in [0.15, 0.2) is 0 Å². The second kappa shape index (κ2) is 6.44. The lowest BCUT2D eigenvalue weighted by atomic mass is 10.3. The van der Waals surface area contributed by atoms with Crippen molar-refractivity contribution in [1.82, 2.24) is 5.32 Å². The monoisotopic (exact) mass is 288 g/mol. The Balaban J connectivity index is 2.73. The van der Waals surface area contributed by atoms with E-state index in [2.05, 4.69) is 21.2 Å². The van der Waals surface area contributed by atoms with Crippen molar-refractivity contribution < 1.29 is 9.66 Å². The molecule has 1 aromatic rings. The van der Waals surface area contributed by atoms with Crippen LogP contribution < -0.4 is 10.1 Å². The zero-order chi connectivity index (χ0) is 12.0. The van der Waals surface area contributed by atoms with Gasteiger partial charge < -0.3 is 10.1 Å². The standard InChI is InChI=1S/C10H13BrN2O3/c1-2-12-6-7-16-10-8(11)4-3-5-9(10)13(14)15/h3-5,12H,2,6-7H2,1H3. The molecule has 0 aromatic heterocycles. The number of nitro benzene ring substituents is 1. The number of halogens is 1. The molecule has 0 spiro atoms. The minimum atomic E-state index is -0.451. The zero-order valence-corrected chi connectivity index (χ0v) is 10.5. The van der Waals surface area contributed by atoms with Gasteiger partial charge in [-0.3, -0.25) is 10.1 Å². The molecule has 0 saturated heterocycles. The molecular formula is C10H13BrN2O3. The van der Waals surface area contributed by atoms with E-state index >= 15 is 0 Å². The van der Waals surface area contributed by atoms with Crippen molar-refractivity contribution in [3.8, 4) is 5.75 Å². The van der Waals surface area contributed by atoms with Crippen molar-refractivity contribution in [3.05, 3.63) is 32.8 Å². The maximum absolute atomic E-state index is 10.8. The number of para-hydroxylation sites is 1. The Kier molecular flexibility index (Phi) is 5.21. The molecule has 0 saturated carbocycles. The summed E-state index contributed by atoms with van der Waals surface area (Å²) in [5.41, 5.74) is -0.0223. The van der Waals surface area contributed by atoms with Crippen LogP contribution in [0.15, 0.2) is 22.7 Å². The fourth-order valence-corrected chi connectivity index (χ4v) is 1.66. The summed E-state index contributed by atoms with van der Waals surface area (Å²) in [6.45, 7) is 3.90. The number of benzene rings is 1. The minimum Gasteiger partial charge on any atom is -0.485 e. The van der Waals surface area contributed by atoms with E-state index in [1.54, 1.807) is 12.1 Å². The van der Waals surface area contributed by atoms with Gasteiger partial charge in [-0.1, -0.05) is 13.0 Å². The number of rotatable bonds is 6. The van der Waals surface area contributed by atoms with Gasteiger partial charge >= 0.3 is 5.69 Å². The highest BCUT2D eigenvalue weighted by atomic mass is 79.9. The number of likely N-dealkylation sites (N-methyl/N-ethyl adjacent to an activating group) is 1. The quantitative estimate of drug-likeness (QED) is 0.496. The summed E-state index contributed by atoms with van der Waals surface area (Å²) in [4.78, 5) is 10.3. The van der Waals surface area contributed by atoms with Crippen LogP contribution in [-0.4, -0.2) is 24.6 Å². The molecule has 1 aromatic carbocycles. The Hall–Kier alpha value is -1.14. The molecule has 0 heterocycles. The lowest BCUT2D eigenvalue weighted by Gasteiger charge is -2.08. The van der Waals surface area contributed by atoms with Gasteiger partial charge in [0.2, 0.25) is 5.75 Å². The Morgan fingerprint density at radius 1 is 1.56 bits per heavy atom. The van der Waals surface area contributed by atoms with E-state index in [4.69, 9.17) is 4.74 Å². The molecule has 0 fully saturated rings. The molecule has 0 aliphatic heterocycles. The predicted octanol–water partition coefficient (Wildman–Crippen LogP) is 2.35. The summed E-state index contributed by atoms with van der Waals surface area (Å²) in [5, 5.41) is 13.8. The smallest absolute Gasteiger partial charge is 0.312 e. The van der Waals surface area contributed by atoms with Gasteiger partial charge in [0, 0.05) is 12.6 Å². The van der Waals surface area contributed by atoms with Gasteiger partial charge in [-0.2, -0.15) is 0 Å². The van der Waals surface area contributed by atoms with Crippen molar-refractivity contribution in [2.75, 3.05) is 19.7 Å². The molecule has 6 heteroatoms. The third kappa shape index (κ3) is 3.46. The van der Waals surface area contributed by atoms with Gasteiger partial charge in [0.1, 0.15) is 6.61 Å². The van der Waals surface area contributed by atoms with Gasteiger partial charge in [-0.15, -0.1) is 0 Å². The maximum atomic E-state index is 10.8. The van der Waals surface area contributed by atoms with Gasteiger partial charge in [-0.25, -0.2) is 0 Å². The summed E-state index contributed by atoms with van der Waals surface area (Å²) in [6, 6.07) is 4.75. The van der Waals surface area contributed by atoms with Gasteiger partial charge in [0.05, 0.1) is 9.40 Å². The van der Waals surface area contributed by atoms with Gasteiger partial charge in [0.25, 0.3) is 0 Å². The van der Waals surface area contributed by atoms with Crippen LogP contribution >= 0.6 is 15.9 Å². The largest absolute Gasteiger partial charge is 0.485 e. The lowest BCUT2D eigenvalue weighted by Crippen LogP contribution is -2.20. The fourth-order valence-electron chi connectivity index (χ4n) is 1.19. The van der Waals surface area contributed by atoms with Crippen LogP contribution in [0.25, 0.3) is 0 Å². The highest BCUT2D eigenvalue weighted by Gasteiger charge is 2.17. The SMILES string of the molecule is CCNCCOc1c(Br)cccc1[N+](=O)[O-]. The van der Waals surface area contributed by atoms with E-state index in [-0.39, 0.29) is 11.4 Å². The first-order valence-electron chi connectivity index (χ1n) is 4.93. The summed E-state index contributed by atoms with van der Waals surface area (Å²) >= 11 is 3.23. The van der Waals surface area contributed by atoms with E-state index in [0.29, 0.717) is 17.6 Å². The summed E-state index contributed by atoms with van der Waals surface area (Å²) in [6.07, 6.45) is 0.